The Morgan fingerprint density at radius 1 is 1.16 bits per heavy atom. The van der Waals surface area contributed by atoms with Crippen LogP contribution in [-0.4, -0.2) is 29.0 Å². The summed E-state index contributed by atoms with van der Waals surface area (Å²) >= 11 is 15.3. The summed E-state index contributed by atoms with van der Waals surface area (Å²) in [4.78, 5) is 14.0. The Balaban J connectivity index is 2.35. The maximum absolute atomic E-state index is 6.09. The summed E-state index contributed by atoms with van der Waals surface area (Å²) in [6.45, 7) is 0. The van der Waals surface area contributed by atoms with Crippen LogP contribution in [-0.2, 0) is 0 Å². The molecule has 8 heteroatoms. The second-order valence-electron chi connectivity index (χ2n) is 3.87. The summed E-state index contributed by atoms with van der Waals surface area (Å²) in [5.41, 5.74) is 0.683. The molecular weight excluding hydrogens is 353 g/mol. The van der Waals surface area contributed by atoms with Crippen molar-refractivity contribution in [2.45, 2.75) is 0 Å². The Morgan fingerprint density at radius 3 is 2.58 bits per heavy atom. The Morgan fingerprint density at radius 2 is 1.89 bits per heavy atom. The zero-order valence-corrected chi connectivity index (χ0v) is 13.3. The van der Waals surface area contributed by atoms with Crippen LogP contribution in [0.1, 0.15) is 0 Å². The van der Waals surface area contributed by atoms with Crippen molar-refractivity contribution in [1.29, 1.82) is 0 Å². The molecule has 0 atom stereocenters. The van der Waals surface area contributed by atoms with Gasteiger partial charge >= 0.3 is 0 Å². The molecule has 0 fully saturated rings. The molecule has 0 amide bonds. The molecule has 0 aliphatic heterocycles. The number of halogens is 3. The lowest BCUT2D eigenvalue weighted by atomic mass is 10.3. The SMILES string of the molecule is CN(C)c1nc(Cl)nc(Nc2cc(Br)ccc2Cl)n1. The maximum Gasteiger partial charge on any atom is 0.233 e. The third-order valence-electron chi connectivity index (χ3n) is 2.17. The molecular formula is C11H10BrCl2N5. The summed E-state index contributed by atoms with van der Waals surface area (Å²) in [7, 11) is 3.64. The molecule has 1 N–H and O–H groups in total. The fraction of sp³-hybridized carbons (Fsp3) is 0.182. The van der Waals surface area contributed by atoms with Crippen molar-refractivity contribution in [2.24, 2.45) is 0 Å². The molecule has 19 heavy (non-hydrogen) atoms. The average Bonchev–Trinajstić information content (AvgIpc) is 2.33. The van der Waals surface area contributed by atoms with Gasteiger partial charge in [0.15, 0.2) is 0 Å². The third kappa shape index (κ3) is 3.68. The fourth-order valence-corrected chi connectivity index (χ4v) is 1.99. The minimum absolute atomic E-state index is 0.118. The molecule has 0 saturated carbocycles. The molecule has 0 saturated heterocycles. The predicted molar refractivity (Wildman–Crippen MR) is 81.6 cm³/mol. The lowest BCUT2D eigenvalue weighted by Gasteiger charge is -2.12. The summed E-state index contributed by atoms with van der Waals surface area (Å²) < 4.78 is 0.896. The normalized spacial score (nSPS) is 10.4. The van der Waals surface area contributed by atoms with Crippen LogP contribution in [0.5, 0.6) is 0 Å². The summed E-state index contributed by atoms with van der Waals surface area (Å²) in [6.07, 6.45) is 0. The molecule has 1 aromatic carbocycles. The maximum atomic E-state index is 6.09. The van der Waals surface area contributed by atoms with Crippen LogP contribution >= 0.6 is 39.1 Å². The summed E-state index contributed by atoms with van der Waals surface area (Å²) in [5, 5.41) is 3.69. The molecule has 0 bridgehead atoms. The first kappa shape index (κ1) is 14.3. The van der Waals surface area contributed by atoms with Gasteiger partial charge in [0.1, 0.15) is 0 Å². The van der Waals surface area contributed by atoms with E-state index in [2.05, 4.69) is 36.2 Å². The first-order valence-electron chi connectivity index (χ1n) is 5.26. The van der Waals surface area contributed by atoms with Gasteiger partial charge in [0.05, 0.1) is 10.7 Å². The highest BCUT2D eigenvalue weighted by atomic mass is 79.9. The molecule has 0 radical (unpaired) electrons. The largest absolute Gasteiger partial charge is 0.347 e. The minimum atomic E-state index is 0.118. The van der Waals surface area contributed by atoms with Crippen molar-refractivity contribution in [3.63, 3.8) is 0 Å². The highest BCUT2D eigenvalue weighted by Gasteiger charge is 2.08. The van der Waals surface area contributed by atoms with Gasteiger partial charge < -0.3 is 10.2 Å². The van der Waals surface area contributed by atoms with E-state index in [1.54, 1.807) is 11.0 Å². The van der Waals surface area contributed by atoms with Gasteiger partial charge in [-0.1, -0.05) is 27.5 Å². The van der Waals surface area contributed by atoms with Gasteiger partial charge in [-0.2, -0.15) is 15.0 Å². The van der Waals surface area contributed by atoms with Crippen LogP contribution in [0.15, 0.2) is 22.7 Å². The molecule has 100 valence electrons. The van der Waals surface area contributed by atoms with Crippen molar-refractivity contribution in [3.8, 4) is 0 Å². The van der Waals surface area contributed by atoms with Crippen LogP contribution in [0.4, 0.5) is 17.6 Å². The third-order valence-corrected chi connectivity index (χ3v) is 3.16. The Bertz CT molecular complexity index is 606. The summed E-state index contributed by atoms with van der Waals surface area (Å²) in [6, 6.07) is 5.44. The minimum Gasteiger partial charge on any atom is -0.347 e. The number of rotatable bonds is 3. The predicted octanol–water partition coefficient (Wildman–Crippen LogP) is 3.75. The van der Waals surface area contributed by atoms with Gasteiger partial charge in [0.25, 0.3) is 0 Å². The number of nitrogens with one attached hydrogen (secondary N) is 1. The van der Waals surface area contributed by atoms with Crippen molar-refractivity contribution >= 4 is 56.7 Å². The molecule has 0 aliphatic rings. The molecule has 0 unspecified atom stereocenters. The van der Waals surface area contributed by atoms with E-state index in [0.717, 1.165) is 4.47 Å². The van der Waals surface area contributed by atoms with E-state index in [-0.39, 0.29) is 5.28 Å². The molecule has 2 aromatic rings. The zero-order chi connectivity index (χ0) is 14.0. The van der Waals surface area contributed by atoms with Gasteiger partial charge in [0.2, 0.25) is 17.2 Å². The second kappa shape index (κ2) is 5.90. The topological polar surface area (TPSA) is 53.9 Å². The molecule has 0 spiro atoms. The van der Waals surface area contributed by atoms with Crippen molar-refractivity contribution in [2.75, 3.05) is 24.3 Å². The number of nitrogens with zero attached hydrogens (tertiary/aromatic N) is 4. The van der Waals surface area contributed by atoms with Crippen molar-refractivity contribution in [1.82, 2.24) is 15.0 Å². The van der Waals surface area contributed by atoms with Crippen LogP contribution in [0, 0.1) is 0 Å². The van der Waals surface area contributed by atoms with Crippen molar-refractivity contribution < 1.29 is 0 Å². The van der Waals surface area contributed by atoms with E-state index < -0.39 is 0 Å². The second-order valence-corrected chi connectivity index (χ2v) is 5.53. The number of aromatic nitrogens is 3. The monoisotopic (exact) mass is 361 g/mol. The van der Waals surface area contributed by atoms with Gasteiger partial charge in [0, 0.05) is 18.6 Å². The van der Waals surface area contributed by atoms with E-state index in [1.165, 1.54) is 0 Å². The lowest BCUT2D eigenvalue weighted by Crippen LogP contribution is -2.14. The van der Waals surface area contributed by atoms with Crippen LogP contribution < -0.4 is 10.2 Å². The van der Waals surface area contributed by atoms with E-state index in [0.29, 0.717) is 22.6 Å². The van der Waals surface area contributed by atoms with Crippen LogP contribution in [0.25, 0.3) is 0 Å². The average molecular weight is 363 g/mol. The Labute approximate surface area is 129 Å². The first-order valence-corrected chi connectivity index (χ1v) is 6.81. The fourth-order valence-electron chi connectivity index (χ4n) is 1.31. The van der Waals surface area contributed by atoms with E-state index >= 15 is 0 Å². The highest BCUT2D eigenvalue weighted by molar-refractivity contribution is 9.10. The lowest BCUT2D eigenvalue weighted by molar-refractivity contribution is 0.961. The summed E-state index contributed by atoms with van der Waals surface area (Å²) in [5.74, 6) is 0.803. The molecule has 2 rings (SSSR count). The number of anilines is 3. The van der Waals surface area contributed by atoms with E-state index in [4.69, 9.17) is 23.2 Å². The van der Waals surface area contributed by atoms with Crippen LogP contribution in [0.3, 0.4) is 0 Å². The number of hydrogen-bond acceptors (Lipinski definition) is 5. The zero-order valence-electron chi connectivity index (χ0n) is 10.2. The standard InChI is InChI=1S/C11H10BrCl2N5/c1-19(2)11-17-9(14)16-10(18-11)15-8-5-6(12)3-4-7(8)13/h3-5H,1-2H3,(H,15,16,17,18). The molecule has 1 aromatic heterocycles. The number of benzene rings is 1. The first-order chi connectivity index (χ1) is 8.95. The molecule has 5 nitrogen and oxygen atoms in total. The molecule has 0 aliphatic carbocycles. The van der Waals surface area contributed by atoms with E-state index in [1.807, 2.05) is 26.2 Å². The van der Waals surface area contributed by atoms with Gasteiger partial charge in [-0.15, -0.1) is 0 Å². The van der Waals surface area contributed by atoms with E-state index in [9.17, 15) is 0 Å². The number of hydrogen-bond donors (Lipinski definition) is 1. The Kier molecular flexibility index (Phi) is 4.44. The Hall–Kier alpha value is -1.11. The van der Waals surface area contributed by atoms with Gasteiger partial charge in [-0.3, -0.25) is 0 Å². The smallest absolute Gasteiger partial charge is 0.233 e. The van der Waals surface area contributed by atoms with Gasteiger partial charge in [-0.25, -0.2) is 0 Å². The quantitative estimate of drug-likeness (QED) is 0.901. The highest BCUT2D eigenvalue weighted by Crippen LogP contribution is 2.28. The molecule has 1 heterocycles. The van der Waals surface area contributed by atoms with Crippen LogP contribution in [0.2, 0.25) is 10.3 Å². The van der Waals surface area contributed by atoms with Gasteiger partial charge in [-0.05, 0) is 29.8 Å². The van der Waals surface area contributed by atoms with Crippen molar-refractivity contribution in [3.05, 3.63) is 33.0 Å².